The summed E-state index contributed by atoms with van der Waals surface area (Å²) in [6, 6.07) is 6.47. The highest BCUT2D eigenvalue weighted by Crippen LogP contribution is 2.29. The van der Waals surface area contributed by atoms with Crippen LogP contribution in [0.25, 0.3) is 0 Å². The van der Waals surface area contributed by atoms with Crippen LogP contribution in [0.15, 0.2) is 18.3 Å². The van der Waals surface area contributed by atoms with E-state index in [0.29, 0.717) is 11.6 Å². The first-order valence-corrected chi connectivity index (χ1v) is 6.31. The number of nitrogens with zero attached hydrogens (tertiary/aromatic N) is 3. The van der Waals surface area contributed by atoms with E-state index in [2.05, 4.69) is 29.9 Å². The molecule has 1 aromatic heterocycles. The first-order valence-electron chi connectivity index (χ1n) is 6.31. The molecule has 3 nitrogen and oxygen atoms in total. The molecule has 17 heavy (non-hydrogen) atoms. The molecular weight excluding hydrogens is 210 g/mol. The monoisotopic (exact) mass is 229 g/mol. The third-order valence-electron chi connectivity index (χ3n) is 3.80. The summed E-state index contributed by atoms with van der Waals surface area (Å²) >= 11 is 0. The molecule has 0 amide bonds. The van der Waals surface area contributed by atoms with Gasteiger partial charge in [0.1, 0.15) is 11.9 Å². The van der Waals surface area contributed by atoms with Crippen molar-refractivity contribution in [2.45, 2.75) is 38.6 Å². The van der Waals surface area contributed by atoms with Crippen molar-refractivity contribution in [3.63, 3.8) is 0 Å². The van der Waals surface area contributed by atoms with Crippen molar-refractivity contribution in [3.8, 4) is 6.07 Å². The van der Waals surface area contributed by atoms with Crippen molar-refractivity contribution >= 4 is 5.82 Å². The highest BCUT2D eigenvalue weighted by atomic mass is 15.2. The lowest BCUT2D eigenvalue weighted by atomic mass is 9.85. The fraction of sp³-hybridized carbons (Fsp3) is 0.571. The summed E-state index contributed by atoms with van der Waals surface area (Å²) < 4.78 is 0. The maximum absolute atomic E-state index is 8.75. The van der Waals surface area contributed by atoms with E-state index in [1.54, 1.807) is 6.20 Å². The van der Waals surface area contributed by atoms with E-state index in [0.717, 1.165) is 11.7 Å². The predicted molar refractivity (Wildman–Crippen MR) is 68.8 cm³/mol. The van der Waals surface area contributed by atoms with Crippen LogP contribution in [0.4, 0.5) is 5.82 Å². The summed E-state index contributed by atoms with van der Waals surface area (Å²) in [5.41, 5.74) is 0.624. The molecule has 2 unspecified atom stereocenters. The molecule has 0 aliphatic heterocycles. The van der Waals surface area contributed by atoms with Crippen LogP contribution in [0.5, 0.6) is 0 Å². The number of aromatic nitrogens is 1. The Hall–Kier alpha value is -1.56. The van der Waals surface area contributed by atoms with E-state index in [1.165, 1.54) is 25.7 Å². The fourth-order valence-corrected chi connectivity index (χ4v) is 2.70. The SMILES string of the molecule is CC1CCCCC1N(C)c1ccc(C#N)cn1. The molecule has 0 N–H and O–H groups in total. The van der Waals surface area contributed by atoms with E-state index in [4.69, 9.17) is 5.26 Å². The fourth-order valence-electron chi connectivity index (χ4n) is 2.70. The average molecular weight is 229 g/mol. The molecule has 2 rings (SSSR count). The van der Waals surface area contributed by atoms with E-state index < -0.39 is 0 Å². The van der Waals surface area contributed by atoms with Crippen molar-refractivity contribution in [2.75, 3.05) is 11.9 Å². The van der Waals surface area contributed by atoms with Crippen LogP contribution in [0.3, 0.4) is 0 Å². The van der Waals surface area contributed by atoms with Gasteiger partial charge in [-0.15, -0.1) is 0 Å². The van der Waals surface area contributed by atoms with Crippen LogP contribution in [0, 0.1) is 17.2 Å². The van der Waals surface area contributed by atoms with Crippen molar-refractivity contribution in [1.29, 1.82) is 5.26 Å². The lowest BCUT2D eigenvalue weighted by Crippen LogP contribution is -2.39. The zero-order valence-electron chi connectivity index (χ0n) is 10.6. The number of hydrogen-bond donors (Lipinski definition) is 0. The molecule has 3 heteroatoms. The molecule has 0 bridgehead atoms. The molecule has 1 aromatic rings. The molecule has 1 aliphatic rings. The highest BCUT2D eigenvalue weighted by molar-refractivity contribution is 5.42. The van der Waals surface area contributed by atoms with Gasteiger partial charge in [0, 0.05) is 19.3 Å². The van der Waals surface area contributed by atoms with Crippen molar-refractivity contribution in [1.82, 2.24) is 4.98 Å². The topological polar surface area (TPSA) is 39.9 Å². The van der Waals surface area contributed by atoms with Crippen LogP contribution in [0.1, 0.15) is 38.2 Å². The Bertz CT molecular complexity index is 404. The average Bonchev–Trinajstić information content (AvgIpc) is 2.39. The van der Waals surface area contributed by atoms with Crippen LogP contribution < -0.4 is 4.90 Å². The van der Waals surface area contributed by atoms with Crippen LogP contribution >= 0.6 is 0 Å². The largest absolute Gasteiger partial charge is 0.356 e. The quantitative estimate of drug-likeness (QED) is 0.782. The molecule has 1 saturated carbocycles. The molecule has 0 spiro atoms. The summed E-state index contributed by atoms with van der Waals surface area (Å²) in [6.07, 6.45) is 6.88. The highest BCUT2D eigenvalue weighted by Gasteiger charge is 2.25. The van der Waals surface area contributed by atoms with Gasteiger partial charge in [0.25, 0.3) is 0 Å². The molecular formula is C14H19N3. The van der Waals surface area contributed by atoms with Gasteiger partial charge in [-0.25, -0.2) is 4.98 Å². The number of rotatable bonds is 2. The first-order chi connectivity index (χ1) is 8.22. The van der Waals surface area contributed by atoms with Gasteiger partial charge in [-0.05, 0) is 30.9 Å². The maximum Gasteiger partial charge on any atom is 0.128 e. The molecule has 2 atom stereocenters. The first kappa shape index (κ1) is 11.9. The molecule has 1 heterocycles. The predicted octanol–water partition coefficient (Wildman–Crippen LogP) is 2.97. The molecule has 1 aliphatic carbocycles. The second kappa shape index (κ2) is 5.18. The minimum absolute atomic E-state index is 0.587. The van der Waals surface area contributed by atoms with Gasteiger partial charge in [-0.3, -0.25) is 0 Å². The third-order valence-corrected chi connectivity index (χ3v) is 3.80. The summed E-state index contributed by atoms with van der Waals surface area (Å²) in [5, 5.41) is 8.75. The van der Waals surface area contributed by atoms with Gasteiger partial charge in [0.05, 0.1) is 5.56 Å². The molecule has 0 aromatic carbocycles. The second-order valence-corrected chi connectivity index (χ2v) is 4.96. The van der Waals surface area contributed by atoms with Gasteiger partial charge in [0.15, 0.2) is 0 Å². The van der Waals surface area contributed by atoms with Crippen LogP contribution in [-0.2, 0) is 0 Å². The Balaban J connectivity index is 2.12. The summed E-state index contributed by atoms with van der Waals surface area (Å²) in [6.45, 7) is 2.32. The zero-order valence-corrected chi connectivity index (χ0v) is 10.6. The van der Waals surface area contributed by atoms with Gasteiger partial charge in [-0.1, -0.05) is 19.8 Å². The lowest BCUT2D eigenvalue weighted by molar-refractivity contribution is 0.320. The minimum Gasteiger partial charge on any atom is -0.356 e. The molecule has 0 saturated heterocycles. The van der Waals surface area contributed by atoms with E-state index >= 15 is 0 Å². The van der Waals surface area contributed by atoms with Crippen LogP contribution in [0.2, 0.25) is 0 Å². The second-order valence-electron chi connectivity index (χ2n) is 4.96. The Labute approximate surface area is 103 Å². The van der Waals surface area contributed by atoms with E-state index in [-0.39, 0.29) is 0 Å². The third kappa shape index (κ3) is 2.58. The van der Waals surface area contributed by atoms with Gasteiger partial charge < -0.3 is 4.90 Å². The van der Waals surface area contributed by atoms with Crippen molar-refractivity contribution in [2.24, 2.45) is 5.92 Å². The van der Waals surface area contributed by atoms with Gasteiger partial charge in [0.2, 0.25) is 0 Å². The van der Waals surface area contributed by atoms with Crippen molar-refractivity contribution in [3.05, 3.63) is 23.9 Å². The number of hydrogen-bond acceptors (Lipinski definition) is 3. The Kier molecular flexibility index (Phi) is 3.63. The minimum atomic E-state index is 0.587. The number of anilines is 1. The Morgan fingerprint density at radius 1 is 1.35 bits per heavy atom. The maximum atomic E-state index is 8.75. The van der Waals surface area contributed by atoms with Gasteiger partial charge in [-0.2, -0.15) is 5.26 Å². The molecule has 1 fully saturated rings. The Morgan fingerprint density at radius 2 is 2.12 bits per heavy atom. The van der Waals surface area contributed by atoms with E-state index in [9.17, 15) is 0 Å². The zero-order chi connectivity index (χ0) is 12.3. The van der Waals surface area contributed by atoms with E-state index in [1.807, 2.05) is 12.1 Å². The summed E-state index contributed by atoms with van der Waals surface area (Å²) in [5.74, 6) is 1.70. The summed E-state index contributed by atoms with van der Waals surface area (Å²) in [7, 11) is 2.11. The molecule has 90 valence electrons. The standard InChI is InChI=1S/C14H19N3/c1-11-5-3-4-6-13(11)17(2)14-8-7-12(9-15)10-16-14/h7-8,10-11,13H,3-6H2,1-2H3. The molecule has 0 radical (unpaired) electrons. The lowest BCUT2D eigenvalue weighted by Gasteiger charge is -2.37. The number of pyridine rings is 1. The van der Waals surface area contributed by atoms with Crippen LogP contribution in [-0.4, -0.2) is 18.1 Å². The smallest absolute Gasteiger partial charge is 0.128 e. The van der Waals surface area contributed by atoms with Crippen molar-refractivity contribution < 1.29 is 0 Å². The Morgan fingerprint density at radius 3 is 2.71 bits per heavy atom. The summed E-state index contributed by atoms with van der Waals surface area (Å²) in [4.78, 5) is 6.63. The number of nitriles is 1. The van der Waals surface area contributed by atoms with Gasteiger partial charge >= 0.3 is 0 Å². The normalized spacial score (nSPS) is 24.1.